The van der Waals surface area contributed by atoms with Crippen LogP contribution in [0.4, 0.5) is 17.1 Å². The summed E-state index contributed by atoms with van der Waals surface area (Å²) < 4.78 is 1.27. The summed E-state index contributed by atoms with van der Waals surface area (Å²) >= 11 is 0. The number of carbonyl (C=O) groups is 1. The van der Waals surface area contributed by atoms with Crippen molar-refractivity contribution in [2.24, 2.45) is 0 Å². The van der Waals surface area contributed by atoms with Crippen molar-refractivity contribution in [3.8, 4) is 0 Å². The van der Waals surface area contributed by atoms with Gasteiger partial charge in [-0.05, 0) is 48.4 Å². The van der Waals surface area contributed by atoms with Gasteiger partial charge < -0.3 is 10.2 Å². The van der Waals surface area contributed by atoms with Crippen LogP contribution in [0.1, 0.15) is 5.56 Å². The second kappa shape index (κ2) is 6.84. The molecule has 0 saturated carbocycles. The number of hydrogen-bond donors (Lipinski definition) is 1. The first kappa shape index (κ1) is 16.1. The average Bonchev–Trinajstić information content (AvgIpc) is 3.08. The number of nitrogens with zero attached hydrogens (tertiary/aromatic N) is 3. The third-order valence-electron chi connectivity index (χ3n) is 4.45. The quantitative estimate of drug-likeness (QED) is 0.788. The molecule has 1 aromatic heterocycles. The number of carbonyl (C=O) groups excluding carboxylic acids is 1. The van der Waals surface area contributed by atoms with Crippen LogP contribution in [0.25, 0.3) is 0 Å². The lowest BCUT2D eigenvalue weighted by molar-refractivity contribution is -0.116. The van der Waals surface area contributed by atoms with Crippen LogP contribution >= 0.6 is 0 Å². The molecule has 0 spiro atoms. The standard InChI is InChI=1S/C20H18N4O2/c25-19(14-23-12-3-11-21-20(23)26)22-16-6-8-17(9-7-16)24-13-10-15-4-1-2-5-18(15)24/h1-9,11-12H,10,13-14H2,(H,22,25). The van der Waals surface area contributed by atoms with E-state index < -0.39 is 5.69 Å². The lowest BCUT2D eigenvalue weighted by Gasteiger charge is -2.20. The zero-order chi connectivity index (χ0) is 17.9. The number of rotatable bonds is 4. The van der Waals surface area contributed by atoms with E-state index in [0.717, 1.165) is 18.7 Å². The Labute approximate surface area is 150 Å². The van der Waals surface area contributed by atoms with Crippen molar-refractivity contribution < 1.29 is 4.79 Å². The number of anilines is 3. The molecule has 0 fully saturated rings. The van der Waals surface area contributed by atoms with Crippen molar-refractivity contribution in [2.75, 3.05) is 16.8 Å². The van der Waals surface area contributed by atoms with Crippen LogP contribution < -0.4 is 15.9 Å². The smallest absolute Gasteiger partial charge is 0.341 e. The molecule has 4 rings (SSSR count). The van der Waals surface area contributed by atoms with Gasteiger partial charge in [0, 0.05) is 36.0 Å². The molecule has 6 heteroatoms. The Morgan fingerprint density at radius 3 is 2.69 bits per heavy atom. The topological polar surface area (TPSA) is 67.2 Å². The zero-order valence-corrected chi connectivity index (χ0v) is 14.1. The molecule has 2 aromatic carbocycles. The summed E-state index contributed by atoms with van der Waals surface area (Å²) in [7, 11) is 0. The number of para-hydroxylation sites is 1. The van der Waals surface area contributed by atoms with Gasteiger partial charge in [-0.3, -0.25) is 9.36 Å². The molecule has 1 amide bonds. The summed E-state index contributed by atoms with van der Waals surface area (Å²) in [6, 6.07) is 17.8. The van der Waals surface area contributed by atoms with Gasteiger partial charge in [-0.1, -0.05) is 18.2 Å². The predicted octanol–water partition coefficient (Wildman–Crippen LogP) is 2.58. The van der Waals surface area contributed by atoms with Gasteiger partial charge in [0.05, 0.1) is 0 Å². The highest BCUT2D eigenvalue weighted by molar-refractivity contribution is 5.90. The summed E-state index contributed by atoms with van der Waals surface area (Å²) in [4.78, 5) is 29.6. The first-order valence-corrected chi connectivity index (χ1v) is 8.47. The highest BCUT2D eigenvalue weighted by Gasteiger charge is 2.19. The molecule has 0 atom stereocenters. The van der Waals surface area contributed by atoms with Gasteiger partial charge in [0.15, 0.2) is 0 Å². The Morgan fingerprint density at radius 1 is 1.08 bits per heavy atom. The van der Waals surface area contributed by atoms with Crippen molar-refractivity contribution in [1.82, 2.24) is 9.55 Å². The maximum absolute atomic E-state index is 12.1. The van der Waals surface area contributed by atoms with E-state index in [4.69, 9.17) is 0 Å². The molecule has 1 aliphatic heterocycles. The Bertz CT molecular complexity index is 995. The number of nitrogens with one attached hydrogen (secondary N) is 1. The van der Waals surface area contributed by atoms with E-state index >= 15 is 0 Å². The van der Waals surface area contributed by atoms with E-state index in [1.165, 1.54) is 22.0 Å². The second-order valence-electron chi connectivity index (χ2n) is 6.16. The van der Waals surface area contributed by atoms with Gasteiger partial charge in [0.1, 0.15) is 6.54 Å². The van der Waals surface area contributed by atoms with Gasteiger partial charge in [0.2, 0.25) is 5.91 Å². The van der Waals surface area contributed by atoms with Crippen LogP contribution in [0.15, 0.2) is 71.8 Å². The van der Waals surface area contributed by atoms with Gasteiger partial charge in [-0.15, -0.1) is 0 Å². The summed E-state index contributed by atoms with van der Waals surface area (Å²) in [5.74, 6) is -0.264. The Hall–Kier alpha value is -3.41. The van der Waals surface area contributed by atoms with Crippen LogP contribution in [-0.2, 0) is 17.8 Å². The molecule has 0 unspecified atom stereocenters. The van der Waals surface area contributed by atoms with E-state index in [9.17, 15) is 9.59 Å². The minimum Gasteiger partial charge on any atom is -0.341 e. The van der Waals surface area contributed by atoms with E-state index in [1.807, 2.05) is 30.3 Å². The van der Waals surface area contributed by atoms with E-state index in [2.05, 4.69) is 33.4 Å². The number of benzene rings is 2. The Kier molecular flexibility index (Phi) is 4.23. The largest absolute Gasteiger partial charge is 0.347 e. The third kappa shape index (κ3) is 3.21. The highest BCUT2D eigenvalue weighted by Crippen LogP contribution is 2.34. The fourth-order valence-corrected chi connectivity index (χ4v) is 3.19. The van der Waals surface area contributed by atoms with Crippen molar-refractivity contribution in [3.05, 3.63) is 83.0 Å². The number of amides is 1. The summed E-state index contributed by atoms with van der Waals surface area (Å²) in [5.41, 5.74) is 3.94. The Balaban J connectivity index is 1.45. The van der Waals surface area contributed by atoms with Crippen LogP contribution in [0.5, 0.6) is 0 Å². The lowest BCUT2D eigenvalue weighted by Crippen LogP contribution is -2.28. The van der Waals surface area contributed by atoms with E-state index in [0.29, 0.717) is 5.69 Å². The van der Waals surface area contributed by atoms with Crippen LogP contribution in [-0.4, -0.2) is 22.0 Å². The second-order valence-corrected chi connectivity index (χ2v) is 6.16. The monoisotopic (exact) mass is 346 g/mol. The molecule has 6 nitrogen and oxygen atoms in total. The predicted molar refractivity (Wildman–Crippen MR) is 101 cm³/mol. The molecule has 3 aromatic rings. The van der Waals surface area contributed by atoms with Gasteiger partial charge in [-0.2, -0.15) is 0 Å². The SMILES string of the molecule is O=C(Cn1cccnc1=O)Nc1ccc(N2CCc3ccccc32)cc1. The zero-order valence-electron chi connectivity index (χ0n) is 14.1. The molecule has 0 aliphatic carbocycles. The van der Waals surface area contributed by atoms with Gasteiger partial charge in [-0.25, -0.2) is 9.78 Å². The molecule has 2 heterocycles. The Morgan fingerprint density at radius 2 is 1.88 bits per heavy atom. The normalized spacial score (nSPS) is 12.7. The molecular formula is C20H18N4O2. The number of hydrogen-bond acceptors (Lipinski definition) is 4. The number of aromatic nitrogens is 2. The van der Waals surface area contributed by atoms with Gasteiger partial charge in [0.25, 0.3) is 0 Å². The molecule has 130 valence electrons. The van der Waals surface area contributed by atoms with Crippen molar-refractivity contribution in [3.63, 3.8) is 0 Å². The third-order valence-corrected chi connectivity index (χ3v) is 4.45. The molecular weight excluding hydrogens is 328 g/mol. The van der Waals surface area contributed by atoms with Crippen molar-refractivity contribution >= 4 is 23.0 Å². The molecule has 0 radical (unpaired) electrons. The molecule has 26 heavy (non-hydrogen) atoms. The minimum absolute atomic E-state index is 0.0616. The first-order chi connectivity index (χ1) is 12.7. The van der Waals surface area contributed by atoms with Gasteiger partial charge >= 0.3 is 5.69 Å². The first-order valence-electron chi connectivity index (χ1n) is 8.47. The van der Waals surface area contributed by atoms with Crippen molar-refractivity contribution in [2.45, 2.75) is 13.0 Å². The van der Waals surface area contributed by atoms with Crippen molar-refractivity contribution in [1.29, 1.82) is 0 Å². The van der Waals surface area contributed by atoms with E-state index in [-0.39, 0.29) is 12.5 Å². The summed E-state index contributed by atoms with van der Waals surface area (Å²) in [6.07, 6.45) is 3.99. The fraction of sp³-hybridized carbons (Fsp3) is 0.150. The maximum Gasteiger partial charge on any atom is 0.347 e. The maximum atomic E-state index is 12.1. The highest BCUT2D eigenvalue weighted by atomic mass is 16.2. The molecule has 0 bridgehead atoms. The fourth-order valence-electron chi connectivity index (χ4n) is 3.19. The molecule has 0 saturated heterocycles. The average molecular weight is 346 g/mol. The minimum atomic E-state index is -0.439. The summed E-state index contributed by atoms with van der Waals surface area (Å²) in [6.45, 7) is 0.892. The van der Waals surface area contributed by atoms with Crippen LogP contribution in [0, 0.1) is 0 Å². The summed E-state index contributed by atoms with van der Waals surface area (Å²) in [5, 5.41) is 2.81. The van der Waals surface area contributed by atoms with E-state index in [1.54, 1.807) is 12.3 Å². The van der Waals surface area contributed by atoms with Crippen LogP contribution in [0.2, 0.25) is 0 Å². The van der Waals surface area contributed by atoms with Crippen LogP contribution in [0.3, 0.4) is 0 Å². The lowest BCUT2D eigenvalue weighted by atomic mass is 10.2. The molecule has 1 aliphatic rings. The number of fused-ring (bicyclic) bond motifs is 1. The molecule has 1 N–H and O–H groups in total.